The molecule has 2 rings (SSSR count). The van der Waals surface area contributed by atoms with Crippen molar-refractivity contribution in [1.82, 2.24) is 4.72 Å². The zero-order chi connectivity index (χ0) is 18.8. The third-order valence-electron chi connectivity index (χ3n) is 3.32. The Balaban J connectivity index is 2.23. The molecule has 0 bridgehead atoms. The van der Waals surface area contributed by atoms with Crippen LogP contribution < -0.4 is 10.0 Å². The number of benzene rings is 2. The Labute approximate surface area is 155 Å². The van der Waals surface area contributed by atoms with Crippen molar-refractivity contribution in [3.05, 3.63) is 57.8 Å². The molecule has 5 nitrogen and oxygen atoms in total. The summed E-state index contributed by atoms with van der Waals surface area (Å²) in [6.07, 6.45) is 0. The van der Waals surface area contributed by atoms with Crippen LogP contribution in [0.3, 0.4) is 0 Å². The van der Waals surface area contributed by atoms with Crippen LogP contribution in [0.5, 0.6) is 0 Å². The molecular weight excluding hydrogens is 390 g/mol. The van der Waals surface area contributed by atoms with Gasteiger partial charge in [-0.25, -0.2) is 17.5 Å². The summed E-state index contributed by atoms with van der Waals surface area (Å²) >= 11 is 11.7. The fraction of sp³-hybridized carbons (Fsp3) is 0.188. The van der Waals surface area contributed by atoms with E-state index in [9.17, 15) is 17.6 Å². The first kappa shape index (κ1) is 19.7. The van der Waals surface area contributed by atoms with Crippen molar-refractivity contribution in [2.24, 2.45) is 0 Å². The Hall–Kier alpha value is -1.67. The van der Waals surface area contributed by atoms with E-state index in [1.165, 1.54) is 44.2 Å². The second-order valence-electron chi connectivity index (χ2n) is 5.34. The van der Waals surface area contributed by atoms with Gasteiger partial charge in [0.05, 0.1) is 9.92 Å². The van der Waals surface area contributed by atoms with E-state index in [0.717, 1.165) is 6.07 Å². The molecule has 2 aromatic rings. The molecule has 0 aliphatic carbocycles. The Morgan fingerprint density at radius 2 is 1.72 bits per heavy atom. The maximum Gasteiger partial charge on any atom is 0.241 e. The van der Waals surface area contributed by atoms with E-state index < -0.39 is 21.9 Å². The van der Waals surface area contributed by atoms with Gasteiger partial charge in [-0.05, 0) is 48.9 Å². The first-order valence-corrected chi connectivity index (χ1v) is 9.38. The predicted molar refractivity (Wildman–Crippen MR) is 95.9 cm³/mol. The lowest BCUT2D eigenvalue weighted by Gasteiger charge is -2.17. The van der Waals surface area contributed by atoms with Gasteiger partial charge in [-0.15, -0.1) is 0 Å². The summed E-state index contributed by atoms with van der Waals surface area (Å²) in [5, 5.41) is 2.56. The van der Waals surface area contributed by atoms with E-state index in [2.05, 4.69) is 10.0 Å². The highest BCUT2D eigenvalue weighted by Gasteiger charge is 2.21. The first-order valence-electron chi connectivity index (χ1n) is 7.14. The number of amides is 1. The van der Waals surface area contributed by atoms with Crippen LogP contribution in [0.25, 0.3) is 0 Å². The Kier molecular flexibility index (Phi) is 6.05. The summed E-state index contributed by atoms with van der Waals surface area (Å²) in [4.78, 5) is 11.0. The fourth-order valence-corrected chi connectivity index (χ4v) is 3.92. The molecule has 0 fully saturated rings. The van der Waals surface area contributed by atoms with E-state index >= 15 is 0 Å². The van der Waals surface area contributed by atoms with Crippen molar-refractivity contribution in [3.63, 3.8) is 0 Å². The largest absolute Gasteiger partial charge is 0.326 e. The van der Waals surface area contributed by atoms with Gasteiger partial charge in [0.2, 0.25) is 15.9 Å². The van der Waals surface area contributed by atoms with Crippen molar-refractivity contribution in [2.45, 2.75) is 24.8 Å². The summed E-state index contributed by atoms with van der Waals surface area (Å²) in [6, 6.07) is 7.18. The van der Waals surface area contributed by atoms with Crippen LogP contribution >= 0.6 is 23.2 Å². The molecule has 1 amide bonds. The lowest BCUT2D eigenvalue weighted by atomic mass is 10.1. The number of rotatable bonds is 5. The fourth-order valence-electron chi connectivity index (χ4n) is 2.15. The lowest BCUT2D eigenvalue weighted by molar-refractivity contribution is -0.114. The molecule has 25 heavy (non-hydrogen) atoms. The van der Waals surface area contributed by atoms with Gasteiger partial charge in [-0.3, -0.25) is 4.79 Å². The molecular formula is C16H15Cl2FN2O3S. The first-order chi connectivity index (χ1) is 11.6. The van der Waals surface area contributed by atoms with E-state index in [0.29, 0.717) is 5.69 Å². The van der Waals surface area contributed by atoms with Crippen molar-refractivity contribution in [2.75, 3.05) is 5.32 Å². The minimum atomic E-state index is -3.87. The van der Waals surface area contributed by atoms with Gasteiger partial charge in [0.15, 0.2) is 0 Å². The number of hydrogen-bond donors (Lipinski definition) is 2. The molecule has 0 unspecified atom stereocenters. The monoisotopic (exact) mass is 404 g/mol. The van der Waals surface area contributed by atoms with Crippen molar-refractivity contribution in [3.8, 4) is 0 Å². The minimum absolute atomic E-state index is 0.000917. The molecule has 9 heteroatoms. The van der Waals surface area contributed by atoms with Crippen LogP contribution in [-0.2, 0) is 14.8 Å². The van der Waals surface area contributed by atoms with Crippen LogP contribution in [0.1, 0.15) is 25.5 Å². The molecule has 0 spiro atoms. The molecule has 134 valence electrons. The van der Waals surface area contributed by atoms with Crippen LogP contribution in [0.2, 0.25) is 10.0 Å². The van der Waals surface area contributed by atoms with Gasteiger partial charge in [0.1, 0.15) is 5.82 Å². The highest BCUT2D eigenvalue weighted by atomic mass is 35.5. The Bertz CT molecular complexity index is 902. The van der Waals surface area contributed by atoms with Gasteiger partial charge in [-0.2, -0.15) is 0 Å². The molecule has 1 atom stereocenters. The standard InChI is InChI=1S/C16H15Cl2FN2O3S/c1-9(13-7-16(19)15(18)8-14(13)17)21-25(23,24)12-5-3-11(4-6-12)20-10(2)22/h3-9,21H,1-2H3,(H,20,22)/t9-/m0/s1. The number of nitrogens with one attached hydrogen (secondary N) is 2. The van der Waals surface area contributed by atoms with E-state index in [1.54, 1.807) is 0 Å². The summed E-state index contributed by atoms with van der Waals surface area (Å²) in [6.45, 7) is 2.89. The summed E-state index contributed by atoms with van der Waals surface area (Å²) in [5.41, 5.74) is 0.740. The van der Waals surface area contributed by atoms with Gasteiger partial charge < -0.3 is 5.32 Å². The average molecular weight is 405 g/mol. The Morgan fingerprint density at radius 1 is 1.12 bits per heavy atom. The van der Waals surface area contributed by atoms with E-state index in [4.69, 9.17) is 23.2 Å². The van der Waals surface area contributed by atoms with E-state index in [-0.39, 0.29) is 26.4 Å². The predicted octanol–water partition coefficient (Wildman–Crippen LogP) is 4.13. The third-order valence-corrected chi connectivity index (χ3v) is 5.50. The van der Waals surface area contributed by atoms with Crippen LogP contribution in [0, 0.1) is 5.82 Å². The second-order valence-corrected chi connectivity index (χ2v) is 7.86. The maximum absolute atomic E-state index is 13.6. The zero-order valence-corrected chi connectivity index (χ0v) is 15.6. The molecule has 2 aromatic carbocycles. The van der Waals surface area contributed by atoms with Crippen LogP contribution in [0.15, 0.2) is 41.3 Å². The topological polar surface area (TPSA) is 75.3 Å². The quantitative estimate of drug-likeness (QED) is 0.735. The number of halogens is 3. The molecule has 0 aliphatic rings. The number of carbonyl (C=O) groups excluding carboxylic acids is 1. The molecule has 0 aliphatic heterocycles. The smallest absolute Gasteiger partial charge is 0.241 e. The van der Waals surface area contributed by atoms with Crippen LogP contribution in [0.4, 0.5) is 10.1 Å². The number of hydrogen-bond acceptors (Lipinski definition) is 3. The van der Waals surface area contributed by atoms with Gasteiger partial charge in [0.25, 0.3) is 0 Å². The van der Waals surface area contributed by atoms with Crippen molar-refractivity contribution in [1.29, 1.82) is 0 Å². The molecule has 2 N–H and O–H groups in total. The van der Waals surface area contributed by atoms with Crippen molar-refractivity contribution >= 4 is 44.8 Å². The van der Waals surface area contributed by atoms with E-state index in [1.807, 2.05) is 0 Å². The molecule has 0 radical (unpaired) electrons. The van der Waals surface area contributed by atoms with Gasteiger partial charge in [-0.1, -0.05) is 23.2 Å². The number of carbonyl (C=O) groups is 1. The normalized spacial score (nSPS) is 12.7. The lowest BCUT2D eigenvalue weighted by Crippen LogP contribution is -2.27. The molecule has 0 aromatic heterocycles. The summed E-state index contributed by atoms with van der Waals surface area (Å²) in [7, 11) is -3.87. The average Bonchev–Trinajstić information content (AvgIpc) is 2.50. The number of sulfonamides is 1. The van der Waals surface area contributed by atoms with Gasteiger partial charge >= 0.3 is 0 Å². The SMILES string of the molecule is CC(=O)Nc1ccc(S(=O)(=O)N[C@@H](C)c2cc(F)c(Cl)cc2Cl)cc1. The zero-order valence-electron chi connectivity index (χ0n) is 13.3. The third kappa shape index (κ3) is 4.92. The highest BCUT2D eigenvalue weighted by molar-refractivity contribution is 7.89. The van der Waals surface area contributed by atoms with Gasteiger partial charge in [0, 0.05) is 23.7 Å². The second kappa shape index (κ2) is 7.70. The number of anilines is 1. The minimum Gasteiger partial charge on any atom is -0.326 e. The molecule has 0 heterocycles. The summed E-state index contributed by atoms with van der Waals surface area (Å²) in [5.74, 6) is -0.950. The van der Waals surface area contributed by atoms with Crippen LogP contribution in [-0.4, -0.2) is 14.3 Å². The highest BCUT2D eigenvalue weighted by Crippen LogP contribution is 2.29. The van der Waals surface area contributed by atoms with Crippen molar-refractivity contribution < 1.29 is 17.6 Å². The maximum atomic E-state index is 13.6. The summed E-state index contributed by atoms with van der Waals surface area (Å²) < 4.78 is 41.0. The molecule has 0 saturated heterocycles. The Morgan fingerprint density at radius 3 is 2.28 bits per heavy atom. The molecule has 0 saturated carbocycles.